The molecule has 0 amide bonds. The van der Waals surface area contributed by atoms with Gasteiger partial charge in [-0.25, -0.2) is 4.79 Å². The Hall–Kier alpha value is -4.00. The molecule has 30 heavy (non-hydrogen) atoms. The zero-order valence-electron chi connectivity index (χ0n) is 16.6. The van der Waals surface area contributed by atoms with Gasteiger partial charge in [0.2, 0.25) is 0 Å². The van der Waals surface area contributed by atoms with Crippen LogP contribution in [0.4, 0.5) is 0 Å². The van der Waals surface area contributed by atoms with Gasteiger partial charge < -0.3 is 4.74 Å². The number of ketones is 1. The van der Waals surface area contributed by atoms with Gasteiger partial charge in [-0.2, -0.15) is 9.36 Å². The molecular weight excluding hydrogens is 380 g/mol. The maximum absolute atomic E-state index is 12.7. The first kappa shape index (κ1) is 19.3. The van der Waals surface area contributed by atoms with Crippen molar-refractivity contribution < 1.29 is 9.53 Å². The Morgan fingerprint density at radius 2 is 1.67 bits per heavy atom. The van der Waals surface area contributed by atoms with Gasteiger partial charge in [0.15, 0.2) is 5.78 Å². The van der Waals surface area contributed by atoms with Crippen molar-refractivity contribution in [3.63, 3.8) is 0 Å². The fraction of sp³-hybridized carbons (Fsp3) is 0.130. The minimum Gasteiger partial charge on any atom is -0.489 e. The molecule has 0 fully saturated rings. The Bertz CT molecular complexity index is 1260. The fourth-order valence-electron chi connectivity index (χ4n) is 3.18. The first-order valence-electron chi connectivity index (χ1n) is 9.45. The maximum atomic E-state index is 12.7. The number of ether oxygens (including phenoxy) is 1. The predicted molar refractivity (Wildman–Crippen MR) is 112 cm³/mol. The number of hydrogen-bond acceptors (Lipinski definition) is 5. The third-order valence-corrected chi connectivity index (χ3v) is 4.85. The Morgan fingerprint density at radius 3 is 2.40 bits per heavy atom. The summed E-state index contributed by atoms with van der Waals surface area (Å²) in [5, 5.41) is 7.71. The zero-order chi connectivity index (χ0) is 21.1. The molecule has 0 saturated carbocycles. The molecule has 4 rings (SSSR count). The highest BCUT2D eigenvalue weighted by molar-refractivity contribution is 6.09. The molecule has 1 aromatic heterocycles. The van der Waals surface area contributed by atoms with E-state index in [0.717, 1.165) is 11.1 Å². The van der Waals surface area contributed by atoms with E-state index < -0.39 is 0 Å². The minimum atomic E-state index is -0.336. The average molecular weight is 400 g/mol. The molecule has 7 heteroatoms. The number of carbonyl (C=O) groups is 1. The van der Waals surface area contributed by atoms with Crippen LogP contribution in [0.1, 0.15) is 27.0 Å². The molecule has 0 radical (unpaired) electrons. The smallest absolute Gasteiger partial charge is 0.368 e. The number of hydrogen-bond donors (Lipinski definition) is 0. The Labute approximate surface area is 173 Å². The van der Waals surface area contributed by atoms with Crippen molar-refractivity contribution in [2.45, 2.75) is 13.5 Å². The lowest BCUT2D eigenvalue weighted by molar-refractivity contribution is 0.103. The van der Waals surface area contributed by atoms with E-state index in [2.05, 4.69) is 10.4 Å². The van der Waals surface area contributed by atoms with Gasteiger partial charge in [0.25, 0.3) is 0 Å². The molecule has 0 aliphatic rings. The molecule has 150 valence electrons. The van der Waals surface area contributed by atoms with E-state index in [9.17, 15) is 9.59 Å². The summed E-state index contributed by atoms with van der Waals surface area (Å²) in [5.41, 5.74) is 3.23. The molecule has 3 aromatic carbocycles. The van der Waals surface area contributed by atoms with Crippen LogP contribution in [0.3, 0.4) is 0 Å². The molecule has 0 atom stereocenters. The third-order valence-electron chi connectivity index (χ3n) is 4.85. The fourth-order valence-corrected chi connectivity index (χ4v) is 3.18. The van der Waals surface area contributed by atoms with Crippen molar-refractivity contribution in [2.75, 3.05) is 0 Å². The zero-order valence-corrected chi connectivity index (χ0v) is 16.6. The average Bonchev–Trinajstić information content (AvgIpc) is 3.11. The number of aromatic nitrogens is 4. The van der Waals surface area contributed by atoms with E-state index in [1.54, 1.807) is 49.5 Å². The van der Waals surface area contributed by atoms with Crippen LogP contribution in [0.2, 0.25) is 0 Å². The minimum absolute atomic E-state index is 0.0660. The molecular formula is C23H20N4O3. The summed E-state index contributed by atoms with van der Waals surface area (Å²) in [5.74, 6) is 0.501. The molecule has 0 saturated heterocycles. The van der Waals surface area contributed by atoms with Crippen molar-refractivity contribution in [3.8, 4) is 11.4 Å². The highest BCUT2D eigenvalue weighted by Gasteiger charge is 2.14. The van der Waals surface area contributed by atoms with E-state index in [1.165, 1.54) is 9.36 Å². The third kappa shape index (κ3) is 3.77. The summed E-state index contributed by atoms with van der Waals surface area (Å²) in [6.45, 7) is 2.16. The highest BCUT2D eigenvalue weighted by atomic mass is 16.5. The van der Waals surface area contributed by atoms with E-state index >= 15 is 0 Å². The lowest BCUT2D eigenvalue weighted by Crippen LogP contribution is -2.23. The van der Waals surface area contributed by atoms with E-state index in [1.807, 2.05) is 37.3 Å². The van der Waals surface area contributed by atoms with Crippen LogP contribution in [0, 0.1) is 6.92 Å². The molecule has 0 unspecified atom stereocenters. The van der Waals surface area contributed by atoms with Crippen LogP contribution in [0.5, 0.6) is 5.75 Å². The summed E-state index contributed by atoms with van der Waals surface area (Å²) in [4.78, 5) is 25.0. The Morgan fingerprint density at radius 1 is 0.933 bits per heavy atom. The monoisotopic (exact) mass is 400 g/mol. The molecule has 4 aromatic rings. The molecule has 0 bridgehead atoms. The number of nitrogens with zero attached hydrogens (tertiary/aromatic N) is 4. The lowest BCUT2D eigenvalue weighted by Gasteiger charge is -2.13. The summed E-state index contributed by atoms with van der Waals surface area (Å²) < 4.78 is 8.41. The van der Waals surface area contributed by atoms with Crippen LogP contribution in [-0.4, -0.2) is 25.6 Å². The predicted octanol–water partition coefficient (Wildman–Crippen LogP) is 3.08. The molecule has 0 N–H and O–H groups in total. The van der Waals surface area contributed by atoms with Gasteiger partial charge in [-0.05, 0) is 41.1 Å². The number of benzene rings is 3. The van der Waals surface area contributed by atoms with Gasteiger partial charge in [-0.1, -0.05) is 54.6 Å². The number of rotatable bonds is 6. The van der Waals surface area contributed by atoms with Gasteiger partial charge in [-0.15, -0.1) is 0 Å². The SMILES string of the molecule is Cc1cccc(-n2nnn(C)c2=O)c1COc1cccc(C(=O)c2ccccc2)c1. The summed E-state index contributed by atoms with van der Waals surface area (Å²) in [6.07, 6.45) is 0. The second-order valence-corrected chi connectivity index (χ2v) is 6.88. The molecule has 0 spiro atoms. The Kier molecular flexibility index (Phi) is 5.26. The Balaban J connectivity index is 1.60. The van der Waals surface area contributed by atoms with E-state index in [-0.39, 0.29) is 18.1 Å². The molecule has 7 nitrogen and oxygen atoms in total. The quantitative estimate of drug-likeness (QED) is 0.465. The van der Waals surface area contributed by atoms with Crippen molar-refractivity contribution in [1.29, 1.82) is 0 Å². The van der Waals surface area contributed by atoms with E-state index in [0.29, 0.717) is 22.6 Å². The first-order chi connectivity index (χ1) is 14.5. The standard InChI is InChI=1S/C23H20N4O3/c1-16-8-6-13-21(27-23(29)26(2)24-25-27)20(16)15-30-19-12-7-11-18(14-19)22(28)17-9-4-3-5-10-17/h3-14H,15H2,1-2H3. The van der Waals surface area contributed by atoms with Crippen molar-refractivity contribution >= 4 is 5.78 Å². The van der Waals surface area contributed by atoms with Gasteiger partial charge in [0.05, 0.1) is 5.69 Å². The van der Waals surface area contributed by atoms with Gasteiger partial charge in [0, 0.05) is 23.7 Å². The highest BCUT2D eigenvalue weighted by Crippen LogP contribution is 2.22. The molecule has 0 aliphatic heterocycles. The van der Waals surface area contributed by atoms with Gasteiger partial charge in [-0.3, -0.25) is 4.79 Å². The second-order valence-electron chi connectivity index (χ2n) is 6.88. The van der Waals surface area contributed by atoms with Crippen LogP contribution in [0.15, 0.2) is 77.6 Å². The summed E-state index contributed by atoms with van der Waals surface area (Å²) in [7, 11) is 1.55. The van der Waals surface area contributed by atoms with Crippen LogP contribution in [0.25, 0.3) is 5.69 Å². The summed E-state index contributed by atoms with van der Waals surface area (Å²) >= 11 is 0. The van der Waals surface area contributed by atoms with Crippen LogP contribution in [-0.2, 0) is 13.7 Å². The number of carbonyl (C=O) groups excluding carboxylic acids is 1. The lowest BCUT2D eigenvalue weighted by atomic mass is 10.0. The number of tetrazole rings is 1. The van der Waals surface area contributed by atoms with E-state index in [4.69, 9.17) is 4.74 Å². The van der Waals surface area contributed by atoms with Gasteiger partial charge >= 0.3 is 5.69 Å². The van der Waals surface area contributed by atoms with Crippen LogP contribution >= 0.6 is 0 Å². The maximum Gasteiger partial charge on any atom is 0.368 e. The van der Waals surface area contributed by atoms with Crippen LogP contribution < -0.4 is 10.4 Å². The van der Waals surface area contributed by atoms with Crippen molar-refractivity contribution in [1.82, 2.24) is 19.8 Å². The summed E-state index contributed by atoms with van der Waals surface area (Å²) in [6, 6.07) is 21.8. The normalized spacial score (nSPS) is 10.7. The second kappa shape index (κ2) is 8.16. The van der Waals surface area contributed by atoms with Crippen molar-refractivity contribution in [3.05, 3.63) is 106 Å². The topological polar surface area (TPSA) is 79.0 Å². The molecule has 0 aliphatic carbocycles. The largest absolute Gasteiger partial charge is 0.489 e. The van der Waals surface area contributed by atoms with Crippen molar-refractivity contribution in [2.24, 2.45) is 7.05 Å². The number of aryl methyl sites for hydroxylation is 2. The van der Waals surface area contributed by atoms with Gasteiger partial charge in [0.1, 0.15) is 12.4 Å². The first-order valence-corrected chi connectivity index (χ1v) is 9.45. The molecule has 1 heterocycles.